The summed E-state index contributed by atoms with van der Waals surface area (Å²) in [6, 6.07) is 6.72. The van der Waals surface area contributed by atoms with Crippen LogP contribution in [0.15, 0.2) is 34.2 Å². The Morgan fingerprint density at radius 1 is 1.22 bits per heavy atom. The number of hydrogen-bond acceptors (Lipinski definition) is 4. The molecule has 0 aliphatic rings. The molecule has 0 heterocycles. The van der Waals surface area contributed by atoms with Gasteiger partial charge in [-0.05, 0) is 38.1 Å². The minimum absolute atomic E-state index is 0.252. The molecule has 1 aromatic rings. The van der Waals surface area contributed by atoms with Gasteiger partial charge in [0.25, 0.3) is 0 Å². The van der Waals surface area contributed by atoms with Gasteiger partial charge in [0.1, 0.15) is 0 Å². The van der Waals surface area contributed by atoms with Crippen molar-refractivity contribution in [1.29, 1.82) is 0 Å². The molecule has 0 unspecified atom stereocenters. The lowest BCUT2D eigenvalue weighted by Crippen LogP contribution is -2.37. The fourth-order valence-electron chi connectivity index (χ4n) is 1.84. The van der Waals surface area contributed by atoms with Crippen molar-refractivity contribution in [2.45, 2.75) is 24.8 Å². The number of benzene rings is 1. The van der Waals surface area contributed by atoms with Gasteiger partial charge >= 0.3 is 0 Å². The highest BCUT2D eigenvalue weighted by atomic mass is 32.2. The second-order valence-electron chi connectivity index (χ2n) is 4.75. The van der Waals surface area contributed by atoms with Gasteiger partial charge in [-0.25, -0.2) is 13.1 Å². The molecule has 7 nitrogen and oxygen atoms in total. The van der Waals surface area contributed by atoms with Crippen molar-refractivity contribution in [2.24, 2.45) is 4.99 Å². The summed E-state index contributed by atoms with van der Waals surface area (Å²) in [5.41, 5.74) is 0.970. The lowest BCUT2D eigenvalue weighted by atomic mass is 10.2. The van der Waals surface area contributed by atoms with Crippen LogP contribution in [-0.2, 0) is 21.3 Å². The number of aliphatic imine (C=N–C) groups is 1. The minimum atomic E-state index is -3.39. The second kappa shape index (κ2) is 10.2. The first kappa shape index (κ1) is 19.4. The molecule has 1 rings (SSSR count). The van der Waals surface area contributed by atoms with E-state index in [1.807, 2.05) is 6.92 Å². The van der Waals surface area contributed by atoms with Crippen LogP contribution >= 0.6 is 0 Å². The first-order chi connectivity index (χ1) is 11.0. The Morgan fingerprint density at radius 2 is 1.91 bits per heavy atom. The largest absolute Gasteiger partial charge is 0.382 e. The molecule has 0 saturated heterocycles. The number of hydrogen-bond donors (Lipinski definition) is 3. The monoisotopic (exact) mass is 342 g/mol. The zero-order chi connectivity index (χ0) is 17.1. The van der Waals surface area contributed by atoms with Crippen LogP contribution in [0.5, 0.6) is 0 Å². The fraction of sp³-hybridized carbons (Fsp3) is 0.533. The summed E-state index contributed by atoms with van der Waals surface area (Å²) in [5, 5.41) is 6.38. The number of guanidine groups is 1. The van der Waals surface area contributed by atoms with Crippen LogP contribution < -0.4 is 15.4 Å². The van der Waals surface area contributed by atoms with E-state index in [0.717, 1.165) is 31.7 Å². The summed E-state index contributed by atoms with van der Waals surface area (Å²) in [4.78, 5) is 4.39. The summed E-state index contributed by atoms with van der Waals surface area (Å²) in [6.45, 7) is 4.76. The second-order valence-corrected chi connectivity index (χ2v) is 6.64. The Kier molecular flexibility index (Phi) is 8.60. The number of sulfonamides is 1. The SMILES string of the molecule is CCOCCCNC(=NC)NCc1ccc(S(=O)(=O)NC)cc1. The Balaban J connectivity index is 2.44. The molecule has 8 heteroatoms. The molecule has 0 aliphatic heterocycles. The number of rotatable bonds is 9. The average molecular weight is 342 g/mol. The van der Waals surface area contributed by atoms with Crippen LogP contribution in [0.4, 0.5) is 0 Å². The summed E-state index contributed by atoms with van der Waals surface area (Å²) in [6.07, 6.45) is 0.908. The van der Waals surface area contributed by atoms with Gasteiger partial charge in [0, 0.05) is 33.4 Å². The third-order valence-corrected chi connectivity index (χ3v) is 4.58. The molecule has 0 spiro atoms. The van der Waals surface area contributed by atoms with Crippen LogP contribution in [0, 0.1) is 0 Å². The highest BCUT2D eigenvalue weighted by Crippen LogP contribution is 2.09. The van der Waals surface area contributed by atoms with E-state index in [4.69, 9.17) is 4.74 Å². The maximum atomic E-state index is 11.7. The zero-order valence-corrected chi connectivity index (χ0v) is 14.7. The average Bonchev–Trinajstić information content (AvgIpc) is 2.57. The maximum absolute atomic E-state index is 11.7. The predicted octanol–water partition coefficient (Wildman–Crippen LogP) is 0.686. The predicted molar refractivity (Wildman–Crippen MR) is 92.0 cm³/mol. The van der Waals surface area contributed by atoms with Crippen LogP contribution in [0.2, 0.25) is 0 Å². The molecule has 0 radical (unpaired) electrons. The highest BCUT2D eigenvalue weighted by Gasteiger charge is 2.10. The topological polar surface area (TPSA) is 91.8 Å². The van der Waals surface area contributed by atoms with E-state index < -0.39 is 10.0 Å². The lowest BCUT2D eigenvalue weighted by Gasteiger charge is -2.12. The third kappa shape index (κ3) is 6.98. The molecule has 0 aromatic heterocycles. The van der Waals surface area contributed by atoms with Gasteiger partial charge in [-0.2, -0.15) is 0 Å². The van der Waals surface area contributed by atoms with E-state index in [9.17, 15) is 8.42 Å². The van der Waals surface area contributed by atoms with Crippen molar-refractivity contribution in [3.05, 3.63) is 29.8 Å². The zero-order valence-electron chi connectivity index (χ0n) is 13.9. The van der Waals surface area contributed by atoms with E-state index in [1.165, 1.54) is 7.05 Å². The summed E-state index contributed by atoms with van der Waals surface area (Å²) in [5.74, 6) is 0.702. The fourth-order valence-corrected chi connectivity index (χ4v) is 2.57. The molecule has 3 N–H and O–H groups in total. The molecule has 1 aromatic carbocycles. The molecule has 0 bridgehead atoms. The van der Waals surface area contributed by atoms with E-state index >= 15 is 0 Å². The number of ether oxygens (including phenoxy) is 1. The van der Waals surface area contributed by atoms with E-state index in [1.54, 1.807) is 31.3 Å². The smallest absolute Gasteiger partial charge is 0.240 e. The van der Waals surface area contributed by atoms with E-state index in [2.05, 4.69) is 20.3 Å². The summed E-state index contributed by atoms with van der Waals surface area (Å²) < 4.78 is 30.9. The van der Waals surface area contributed by atoms with Gasteiger partial charge < -0.3 is 15.4 Å². The van der Waals surface area contributed by atoms with E-state index in [0.29, 0.717) is 12.5 Å². The lowest BCUT2D eigenvalue weighted by molar-refractivity contribution is 0.145. The Bertz CT molecular complexity index is 585. The van der Waals surface area contributed by atoms with Gasteiger partial charge in [0.15, 0.2) is 5.96 Å². The van der Waals surface area contributed by atoms with Gasteiger partial charge in [0.2, 0.25) is 10.0 Å². The standard InChI is InChI=1S/C15H26N4O3S/c1-4-22-11-5-10-18-15(16-2)19-12-13-6-8-14(9-7-13)23(20,21)17-3/h6-9,17H,4-5,10-12H2,1-3H3,(H2,16,18,19). The molecule has 0 atom stereocenters. The first-order valence-electron chi connectivity index (χ1n) is 7.58. The van der Waals surface area contributed by atoms with Crippen LogP contribution in [0.3, 0.4) is 0 Å². The van der Waals surface area contributed by atoms with E-state index in [-0.39, 0.29) is 4.90 Å². The van der Waals surface area contributed by atoms with Crippen LogP contribution in [0.25, 0.3) is 0 Å². The Morgan fingerprint density at radius 3 is 2.48 bits per heavy atom. The van der Waals surface area contributed by atoms with Crippen molar-refractivity contribution < 1.29 is 13.2 Å². The van der Waals surface area contributed by atoms with Crippen molar-refractivity contribution in [3.8, 4) is 0 Å². The molecule has 0 amide bonds. The van der Waals surface area contributed by atoms with Crippen molar-refractivity contribution in [3.63, 3.8) is 0 Å². The summed E-state index contributed by atoms with van der Waals surface area (Å²) >= 11 is 0. The minimum Gasteiger partial charge on any atom is -0.382 e. The molecular weight excluding hydrogens is 316 g/mol. The molecule has 23 heavy (non-hydrogen) atoms. The maximum Gasteiger partial charge on any atom is 0.240 e. The number of nitrogens with zero attached hydrogens (tertiary/aromatic N) is 1. The van der Waals surface area contributed by atoms with Crippen molar-refractivity contribution in [2.75, 3.05) is 33.9 Å². The number of nitrogens with one attached hydrogen (secondary N) is 3. The molecule has 0 saturated carbocycles. The van der Waals surface area contributed by atoms with Gasteiger partial charge in [-0.15, -0.1) is 0 Å². The van der Waals surface area contributed by atoms with Gasteiger partial charge in [0.05, 0.1) is 4.90 Å². The molecule has 0 aliphatic carbocycles. The quantitative estimate of drug-likeness (QED) is 0.349. The van der Waals surface area contributed by atoms with Crippen molar-refractivity contribution in [1.82, 2.24) is 15.4 Å². The Hall–Kier alpha value is -1.64. The van der Waals surface area contributed by atoms with Crippen LogP contribution in [0.1, 0.15) is 18.9 Å². The van der Waals surface area contributed by atoms with Gasteiger partial charge in [-0.1, -0.05) is 12.1 Å². The van der Waals surface area contributed by atoms with Gasteiger partial charge in [-0.3, -0.25) is 4.99 Å². The normalized spacial score (nSPS) is 12.2. The van der Waals surface area contributed by atoms with Crippen molar-refractivity contribution >= 4 is 16.0 Å². The molecule has 130 valence electrons. The first-order valence-corrected chi connectivity index (χ1v) is 9.06. The third-order valence-electron chi connectivity index (χ3n) is 3.15. The molecule has 0 fully saturated rings. The summed E-state index contributed by atoms with van der Waals surface area (Å²) in [7, 11) is -0.285. The highest BCUT2D eigenvalue weighted by molar-refractivity contribution is 7.89. The molecular formula is C15H26N4O3S. The van der Waals surface area contributed by atoms with Crippen LogP contribution in [-0.4, -0.2) is 48.2 Å². The Labute approximate surface area is 138 Å².